The van der Waals surface area contributed by atoms with Gasteiger partial charge in [0.05, 0.1) is 12.2 Å². The lowest BCUT2D eigenvalue weighted by molar-refractivity contribution is -0.127. The summed E-state index contributed by atoms with van der Waals surface area (Å²) in [5.74, 6) is -0.726. The van der Waals surface area contributed by atoms with Crippen LogP contribution in [0.1, 0.15) is 17.5 Å². The Balaban J connectivity index is 1.61. The van der Waals surface area contributed by atoms with Crippen LogP contribution in [0.4, 0.5) is 4.39 Å². The first-order valence-corrected chi connectivity index (χ1v) is 9.07. The molecule has 0 aliphatic heterocycles. The molecule has 1 atom stereocenters. The first-order valence-electron chi connectivity index (χ1n) is 8.25. The van der Waals surface area contributed by atoms with Crippen LogP contribution in [-0.4, -0.2) is 17.0 Å². The normalized spacial score (nSPS) is 11.8. The molecule has 0 saturated carbocycles. The van der Waals surface area contributed by atoms with Crippen LogP contribution >= 0.6 is 11.3 Å². The molecule has 3 aromatic rings. The minimum absolute atomic E-state index is 0.0653. The number of rotatable bonds is 6. The monoisotopic (exact) mass is 370 g/mol. The molecular formula is C20H19FN2O2S. The average Bonchev–Trinajstić information content (AvgIpc) is 3.03. The molecule has 0 unspecified atom stereocenters. The fraction of sp³-hybridized carbons (Fsp3) is 0.200. The van der Waals surface area contributed by atoms with Crippen molar-refractivity contribution in [1.82, 2.24) is 10.3 Å². The van der Waals surface area contributed by atoms with Crippen molar-refractivity contribution in [1.29, 1.82) is 0 Å². The topological polar surface area (TPSA) is 51.2 Å². The second-order valence-corrected chi connectivity index (χ2v) is 6.89. The number of thiazole rings is 1. The molecule has 3 rings (SSSR count). The molecule has 0 spiro atoms. The van der Waals surface area contributed by atoms with Gasteiger partial charge in [-0.25, -0.2) is 9.37 Å². The molecular weight excluding hydrogens is 351 g/mol. The Hall–Kier alpha value is -2.73. The molecule has 4 nitrogen and oxygen atoms in total. The molecule has 0 radical (unpaired) electrons. The number of amides is 1. The van der Waals surface area contributed by atoms with Crippen molar-refractivity contribution in [2.45, 2.75) is 26.5 Å². The molecule has 1 heterocycles. The van der Waals surface area contributed by atoms with Crippen molar-refractivity contribution in [3.05, 3.63) is 71.0 Å². The molecule has 0 saturated heterocycles. The summed E-state index contributed by atoms with van der Waals surface area (Å²) >= 11 is 1.55. The molecule has 2 aromatic carbocycles. The van der Waals surface area contributed by atoms with Crippen LogP contribution in [0.2, 0.25) is 0 Å². The van der Waals surface area contributed by atoms with Gasteiger partial charge in [-0.05, 0) is 26.0 Å². The Bertz CT molecular complexity index is 896. The summed E-state index contributed by atoms with van der Waals surface area (Å²) in [5, 5.41) is 3.75. The van der Waals surface area contributed by atoms with E-state index in [-0.39, 0.29) is 11.7 Å². The van der Waals surface area contributed by atoms with Crippen LogP contribution in [0.25, 0.3) is 10.6 Å². The number of benzene rings is 2. The maximum Gasteiger partial charge on any atom is 0.261 e. The summed E-state index contributed by atoms with van der Waals surface area (Å²) in [6, 6.07) is 15.9. The Morgan fingerprint density at radius 3 is 2.62 bits per heavy atom. The summed E-state index contributed by atoms with van der Waals surface area (Å²) in [6.45, 7) is 3.88. The second kappa shape index (κ2) is 8.10. The van der Waals surface area contributed by atoms with Gasteiger partial charge in [0.1, 0.15) is 5.01 Å². The van der Waals surface area contributed by atoms with Gasteiger partial charge in [0.15, 0.2) is 17.7 Å². The van der Waals surface area contributed by atoms with Gasteiger partial charge in [-0.2, -0.15) is 0 Å². The molecule has 1 aromatic heterocycles. The predicted molar refractivity (Wildman–Crippen MR) is 101 cm³/mol. The molecule has 1 amide bonds. The van der Waals surface area contributed by atoms with E-state index in [0.29, 0.717) is 6.54 Å². The van der Waals surface area contributed by atoms with Gasteiger partial charge in [-0.1, -0.05) is 42.5 Å². The van der Waals surface area contributed by atoms with E-state index >= 15 is 0 Å². The molecule has 0 bridgehead atoms. The number of aromatic nitrogens is 1. The highest BCUT2D eigenvalue weighted by Crippen LogP contribution is 2.27. The van der Waals surface area contributed by atoms with E-state index in [2.05, 4.69) is 10.3 Å². The van der Waals surface area contributed by atoms with Crippen LogP contribution in [0.3, 0.4) is 0 Å². The van der Waals surface area contributed by atoms with Crippen LogP contribution in [0.5, 0.6) is 5.75 Å². The fourth-order valence-electron chi connectivity index (χ4n) is 2.39. The van der Waals surface area contributed by atoms with Gasteiger partial charge < -0.3 is 10.1 Å². The number of hydrogen-bond donors (Lipinski definition) is 1. The molecule has 134 valence electrons. The highest BCUT2D eigenvalue weighted by Gasteiger charge is 2.17. The molecule has 26 heavy (non-hydrogen) atoms. The van der Waals surface area contributed by atoms with E-state index in [0.717, 1.165) is 21.1 Å². The number of halogens is 1. The molecule has 0 aliphatic carbocycles. The highest BCUT2D eigenvalue weighted by molar-refractivity contribution is 7.15. The smallest absolute Gasteiger partial charge is 0.261 e. The predicted octanol–water partition coefficient (Wildman–Crippen LogP) is 4.34. The largest absolute Gasteiger partial charge is 0.478 e. The summed E-state index contributed by atoms with van der Waals surface area (Å²) in [6.07, 6.45) is -0.797. The van der Waals surface area contributed by atoms with Crippen molar-refractivity contribution < 1.29 is 13.9 Å². The summed E-state index contributed by atoms with van der Waals surface area (Å²) in [4.78, 5) is 17.8. The number of carbonyl (C=O) groups excluding carboxylic acids is 1. The van der Waals surface area contributed by atoms with Gasteiger partial charge in [-0.15, -0.1) is 11.3 Å². The zero-order valence-electron chi connectivity index (χ0n) is 14.5. The summed E-state index contributed by atoms with van der Waals surface area (Å²) < 4.78 is 19.0. The third kappa shape index (κ3) is 4.26. The standard InChI is InChI=1S/C20H19FN2O2S/c1-13-18(26-20(23-13)15-8-4-3-5-9-15)12-22-19(24)14(2)25-17-11-7-6-10-16(17)21/h3-11,14H,12H2,1-2H3,(H,22,24)/t14-/m1/s1. The Morgan fingerprint density at radius 2 is 1.88 bits per heavy atom. The van der Waals surface area contributed by atoms with Crippen LogP contribution in [-0.2, 0) is 11.3 Å². The van der Waals surface area contributed by atoms with Crippen LogP contribution in [0.15, 0.2) is 54.6 Å². The first kappa shape index (κ1) is 18.1. The first-order chi connectivity index (χ1) is 12.5. The molecule has 0 fully saturated rings. The van der Waals surface area contributed by atoms with Gasteiger partial charge >= 0.3 is 0 Å². The van der Waals surface area contributed by atoms with Gasteiger partial charge in [0, 0.05) is 10.4 Å². The third-order valence-corrected chi connectivity index (χ3v) is 5.05. The number of para-hydroxylation sites is 1. The van der Waals surface area contributed by atoms with E-state index in [1.54, 1.807) is 30.4 Å². The summed E-state index contributed by atoms with van der Waals surface area (Å²) in [5.41, 5.74) is 1.94. The zero-order chi connectivity index (χ0) is 18.5. The Morgan fingerprint density at radius 1 is 1.19 bits per heavy atom. The SMILES string of the molecule is Cc1nc(-c2ccccc2)sc1CNC(=O)[C@@H](C)Oc1ccccc1F. The summed E-state index contributed by atoms with van der Waals surface area (Å²) in [7, 11) is 0. The lowest BCUT2D eigenvalue weighted by atomic mass is 10.2. The highest BCUT2D eigenvalue weighted by atomic mass is 32.1. The lowest BCUT2D eigenvalue weighted by Crippen LogP contribution is -2.36. The van der Waals surface area contributed by atoms with Gasteiger partial charge in [-0.3, -0.25) is 4.79 Å². The fourth-order valence-corrected chi connectivity index (χ4v) is 3.40. The van der Waals surface area contributed by atoms with E-state index in [1.165, 1.54) is 12.1 Å². The van der Waals surface area contributed by atoms with Crippen molar-refractivity contribution in [3.63, 3.8) is 0 Å². The minimum Gasteiger partial charge on any atom is -0.478 e. The quantitative estimate of drug-likeness (QED) is 0.702. The van der Waals surface area contributed by atoms with Gasteiger partial charge in [0.2, 0.25) is 0 Å². The van der Waals surface area contributed by atoms with Crippen molar-refractivity contribution >= 4 is 17.2 Å². The Kier molecular flexibility index (Phi) is 5.63. The number of carbonyl (C=O) groups is 1. The van der Waals surface area contributed by atoms with E-state index in [4.69, 9.17) is 4.74 Å². The maximum atomic E-state index is 13.6. The minimum atomic E-state index is -0.797. The number of hydrogen-bond acceptors (Lipinski definition) is 4. The molecule has 6 heteroatoms. The van der Waals surface area contributed by atoms with E-state index in [1.807, 2.05) is 37.3 Å². The number of nitrogens with one attached hydrogen (secondary N) is 1. The van der Waals surface area contributed by atoms with Gasteiger partial charge in [0.25, 0.3) is 5.91 Å². The number of ether oxygens (including phenoxy) is 1. The van der Waals surface area contributed by atoms with Crippen LogP contribution in [0, 0.1) is 12.7 Å². The third-order valence-electron chi connectivity index (χ3n) is 3.85. The number of aryl methyl sites for hydroxylation is 1. The number of nitrogens with zero attached hydrogens (tertiary/aromatic N) is 1. The average molecular weight is 370 g/mol. The van der Waals surface area contributed by atoms with E-state index < -0.39 is 11.9 Å². The molecule has 0 aliphatic rings. The molecule has 1 N–H and O–H groups in total. The van der Waals surface area contributed by atoms with Crippen molar-refractivity contribution in [2.24, 2.45) is 0 Å². The van der Waals surface area contributed by atoms with Crippen molar-refractivity contribution in [3.8, 4) is 16.3 Å². The maximum absolute atomic E-state index is 13.6. The van der Waals surface area contributed by atoms with Crippen molar-refractivity contribution in [2.75, 3.05) is 0 Å². The van der Waals surface area contributed by atoms with E-state index in [9.17, 15) is 9.18 Å². The lowest BCUT2D eigenvalue weighted by Gasteiger charge is -2.14. The zero-order valence-corrected chi connectivity index (χ0v) is 15.3. The van der Waals surface area contributed by atoms with Crippen LogP contribution < -0.4 is 10.1 Å². The Labute approximate surface area is 155 Å². The second-order valence-electron chi connectivity index (χ2n) is 5.80.